The van der Waals surface area contributed by atoms with Crippen LogP contribution in [0.4, 0.5) is 4.79 Å². The van der Waals surface area contributed by atoms with Crippen LogP contribution in [0.3, 0.4) is 0 Å². The highest BCUT2D eigenvalue weighted by atomic mass is 16.6. The fourth-order valence-electron chi connectivity index (χ4n) is 1.90. The van der Waals surface area contributed by atoms with Crippen molar-refractivity contribution in [2.24, 2.45) is 0 Å². The lowest BCUT2D eigenvalue weighted by Gasteiger charge is -2.31. The lowest BCUT2D eigenvalue weighted by molar-refractivity contribution is -0.149. The van der Waals surface area contributed by atoms with Gasteiger partial charge in [0, 0.05) is 6.54 Å². The quantitative estimate of drug-likeness (QED) is 0.832. The number of carboxylic acid groups (broad SMARTS) is 2. The van der Waals surface area contributed by atoms with Crippen molar-refractivity contribution in [3.63, 3.8) is 0 Å². The molecule has 0 unspecified atom stereocenters. The minimum Gasteiger partial charge on any atom is -0.481 e. The molecule has 0 saturated heterocycles. The number of aliphatic carboxylic acids is 2. The Bertz CT molecular complexity index is 564. The van der Waals surface area contributed by atoms with Gasteiger partial charge >= 0.3 is 18.0 Å². The van der Waals surface area contributed by atoms with Gasteiger partial charge < -0.3 is 14.9 Å². The molecular weight excluding hydrogens is 302 g/mol. The number of hydrogen-bond donors (Lipinski definition) is 2. The first kappa shape index (κ1) is 18.5. The third kappa shape index (κ3) is 6.37. The zero-order valence-electron chi connectivity index (χ0n) is 13.4. The lowest BCUT2D eigenvalue weighted by atomic mass is 10.1. The van der Waals surface area contributed by atoms with Crippen LogP contribution in [-0.2, 0) is 20.9 Å². The van der Waals surface area contributed by atoms with Gasteiger partial charge in [-0.25, -0.2) is 9.59 Å². The van der Waals surface area contributed by atoms with E-state index in [1.807, 2.05) is 0 Å². The molecule has 0 aliphatic heterocycles. The van der Waals surface area contributed by atoms with E-state index in [9.17, 15) is 19.5 Å². The van der Waals surface area contributed by atoms with Gasteiger partial charge in [-0.3, -0.25) is 9.69 Å². The number of benzene rings is 1. The normalized spacial score (nSPS) is 12.3. The number of ether oxygens (including phenoxy) is 1. The van der Waals surface area contributed by atoms with Crippen molar-refractivity contribution < 1.29 is 29.3 Å². The zero-order chi connectivity index (χ0) is 17.6. The van der Waals surface area contributed by atoms with Crippen molar-refractivity contribution in [3.8, 4) is 0 Å². The van der Waals surface area contributed by atoms with Crippen molar-refractivity contribution in [2.75, 3.05) is 0 Å². The standard InChI is InChI=1S/C16H21NO6/c1-16(2,3)23-15(22)17(10-11-7-5-4-6-8-11)12(14(20)21)9-13(18)19/h4-8,12H,9-10H2,1-3H3,(H,18,19)(H,20,21)/t12-/m0/s1. The number of carbonyl (C=O) groups is 3. The third-order valence-corrected chi connectivity index (χ3v) is 2.85. The summed E-state index contributed by atoms with van der Waals surface area (Å²) < 4.78 is 5.22. The Morgan fingerprint density at radius 3 is 2.13 bits per heavy atom. The highest BCUT2D eigenvalue weighted by Crippen LogP contribution is 2.17. The summed E-state index contributed by atoms with van der Waals surface area (Å²) in [5.41, 5.74) is -0.145. The van der Waals surface area contributed by atoms with E-state index in [-0.39, 0.29) is 6.54 Å². The van der Waals surface area contributed by atoms with Gasteiger partial charge in [-0.2, -0.15) is 0 Å². The maximum atomic E-state index is 12.3. The zero-order valence-corrected chi connectivity index (χ0v) is 13.4. The maximum absolute atomic E-state index is 12.3. The van der Waals surface area contributed by atoms with Gasteiger partial charge in [-0.1, -0.05) is 30.3 Å². The number of hydrogen-bond acceptors (Lipinski definition) is 4. The van der Waals surface area contributed by atoms with Crippen LogP contribution in [0, 0.1) is 0 Å². The van der Waals surface area contributed by atoms with E-state index >= 15 is 0 Å². The van der Waals surface area contributed by atoms with Crippen molar-refractivity contribution >= 4 is 18.0 Å². The number of rotatable bonds is 6. The van der Waals surface area contributed by atoms with Crippen LogP contribution in [0.2, 0.25) is 0 Å². The van der Waals surface area contributed by atoms with Crippen LogP contribution >= 0.6 is 0 Å². The van der Waals surface area contributed by atoms with Crippen LogP contribution in [-0.4, -0.2) is 44.8 Å². The average Bonchev–Trinajstić information content (AvgIpc) is 2.41. The molecule has 2 N–H and O–H groups in total. The third-order valence-electron chi connectivity index (χ3n) is 2.85. The summed E-state index contributed by atoms with van der Waals surface area (Å²) in [5, 5.41) is 18.2. The van der Waals surface area contributed by atoms with E-state index in [0.29, 0.717) is 5.56 Å². The summed E-state index contributed by atoms with van der Waals surface area (Å²) in [6.07, 6.45) is -1.57. The van der Waals surface area contributed by atoms with E-state index in [2.05, 4.69) is 0 Å². The molecule has 0 aromatic heterocycles. The van der Waals surface area contributed by atoms with E-state index < -0.39 is 36.1 Å². The number of amides is 1. The minimum atomic E-state index is -1.51. The molecule has 1 rings (SSSR count). The van der Waals surface area contributed by atoms with Gasteiger partial charge in [-0.05, 0) is 26.3 Å². The molecule has 0 fully saturated rings. The molecule has 0 aliphatic carbocycles. The maximum Gasteiger partial charge on any atom is 0.411 e. The Kier molecular flexibility index (Phi) is 6.12. The average molecular weight is 323 g/mol. The summed E-state index contributed by atoms with van der Waals surface area (Å²) in [6, 6.07) is 7.20. The minimum absolute atomic E-state index is 0.0556. The first-order chi connectivity index (χ1) is 10.6. The predicted molar refractivity (Wildman–Crippen MR) is 81.9 cm³/mol. The molecule has 7 heteroatoms. The van der Waals surface area contributed by atoms with Crippen molar-refractivity contribution in [1.29, 1.82) is 0 Å². The number of carbonyl (C=O) groups excluding carboxylic acids is 1. The molecule has 0 radical (unpaired) electrons. The molecule has 0 saturated carbocycles. The molecule has 7 nitrogen and oxygen atoms in total. The fourth-order valence-corrected chi connectivity index (χ4v) is 1.90. The highest BCUT2D eigenvalue weighted by molar-refractivity contribution is 5.84. The smallest absolute Gasteiger partial charge is 0.411 e. The second-order valence-corrected chi connectivity index (χ2v) is 6.05. The Labute approximate surface area is 134 Å². The molecular formula is C16H21NO6. The Balaban J connectivity index is 3.09. The SMILES string of the molecule is CC(C)(C)OC(=O)N(Cc1ccccc1)[C@@H](CC(=O)O)C(=O)O. The van der Waals surface area contributed by atoms with E-state index in [1.54, 1.807) is 51.1 Å². The van der Waals surface area contributed by atoms with Gasteiger partial charge in [0.1, 0.15) is 11.6 Å². The first-order valence-electron chi connectivity index (χ1n) is 7.08. The summed E-state index contributed by atoms with van der Waals surface area (Å²) in [5.74, 6) is -2.70. The Morgan fingerprint density at radius 2 is 1.70 bits per heavy atom. The van der Waals surface area contributed by atoms with Gasteiger partial charge in [0.05, 0.1) is 6.42 Å². The Morgan fingerprint density at radius 1 is 1.13 bits per heavy atom. The predicted octanol–water partition coefficient (Wildman–Crippen LogP) is 2.35. The van der Waals surface area contributed by atoms with Crippen molar-refractivity contribution in [2.45, 2.75) is 45.4 Å². The van der Waals surface area contributed by atoms with Crippen LogP contribution in [0.25, 0.3) is 0 Å². The van der Waals surface area contributed by atoms with Gasteiger partial charge in [0.25, 0.3) is 0 Å². The van der Waals surface area contributed by atoms with E-state index in [0.717, 1.165) is 4.90 Å². The lowest BCUT2D eigenvalue weighted by Crippen LogP contribution is -2.47. The van der Waals surface area contributed by atoms with Crippen LogP contribution < -0.4 is 0 Å². The molecule has 126 valence electrons. The van der Waals surface area contributed by atoms with Gasteiger partial charge in [0.2, 0.25) is 0 Å². The summed E-state index contributed by atoms with van der Waals surface area (Å²) >= 11 is 0. The first-order valence-corrected chi connectivity index (χ1v) is 7.08. The highest BCUT2D eigenvalue weighted by Gasteiger charge is 2.34. The molecule has 0 heterocycles. The van der Waals surface area contributed by atoms with E-state index in [4.69, 9.17) is 9.84 Å². The largest absolute Gasteiger partial charge is 0.481 e. The summed E-state index contributed by atoms with van der Waals surface area (Å²) in [4.78, 5) is 35.6. The monoisotopic (exact) mass is 323 g/mol. The second kappa shape index (κ2) is 7.62. The van der Waals surface area contributed by atoms with Crippen LogP contribution in [0.15, 0.2) is 30.3 Å². The molecule has 0 bridgehead atoms. The second-order valence-electron chi connectivity index (χ2n) is 6.05. The summed E-state index contributed by atoms with van der Waals surface area (Å²) in [6.45, 7) is 4.90. The molecule has 23 heavy (non-hydrogen) atoms. The van der Waals surface area contributed by atoms with Gasteiger partial charge in [-0.15, -0.1) is 0 Å². The molecule has 1 aromatic rings. The van der Waals surface area contributed by atoms with Crippen LogP contribution in [0.1, 0.15) is 32.8 Å². The molecule has 0 spiro atoms. The Hall–Kier alpha value is -2.57. The van der Waals surface area contributed by atoms with Crippen molar-refractivity contribution in [3.05, 3.63) is 35.9 Å². The van der Waals surface area contributed by atoms with Gasteiger partial charge in [0.15, 0.2) is 0 Å². The van der Waals surface area contributed by atoms with Crippen molar-refractivity contribution in [1.82, 2.24) is 4.90 Å². The number of carboxylic acids is 2. The molecule has 1 atom stereocenters. The molecule has 1 aromatic carbocycles. The van der Waals surface area contributed by atoms with E-state index in [1.165, 1.54) is 0 Å². The van der Waals surface area contributed by atoms with Crippen LogP contribution in [0.5, 0.6) is 0 Å². The molecule has 0 aliphatic rings. The number of nitrogens with zero attached hydrogens (tertiary/aromatic N) is 1. The molecule has 1 amide bonds. The topological polar surface area (TPSA) is 104 Å². The summed E-state index contributed by atoms with van der Waals surface area (Å²) in [7, 11) is 0. The fraction of sp³-hybridized carbons (Fsp3) is 0.438.